The number of aryl methyl sites for hydroxylation is 1. The summed E-state index contributed by atoms with van der Waals surface area (Å²) >= 11 is 5.64. The molecule has 1 rings (SSSR count). The van der Waals surface area contributed by atoms with Gasteiger partial charge in [0.25, 0.3) is 0 Å². The molecule has 0 bridgehead atoms. The summed E-state index contributed by atoms with van der Waals surface area (Å²) in [5, 5.41) is 16.7. The first kappa shape index (κ1) is 14.5. The molecule has 0 spiro atoms. The first-order chi connectivity index (χ1) is 7.40. The first-order valence-corrected chi connectivity index (χ1v) is 4.98. The molecule has 0 radical (unpaired) electrons. The molecule has 88 valence electrons. The molecule has 5 heteroatoms. The number of aliphatic carboxylic acids is 1. The third-order valence-electron chi connectivity index (χ3n) is 1.74. The second-order valence-corrected chi connectivity index (χ2v) is 3.39. The second kappa shape index (κ2) is 6.85. The Hall–Kier alpha value is -1.55. The van der Waals surface area contributed by atoms with Gasteiger partial charge in [0.2, 0.25) is 0 Å². The van der Waals surface area contributed by atoms with Gasteiger partial charge in [-0.2, -0.15) is 0 Å². The van der Waals surface area contributed by atoms with Crippen LogP contribution in [0.3, 0.4) is 0 Å². The zero-order chi connectivity index (χ0) is 12.7. The number of carbonyl (C=O) groups is 2. The summed E-state index contributed by atoms with van der Waals surface area (Å²) in [4.78, 5) is 19.9. The van der Waals surface area contributed by atoms with Gasteiger partial charge < -0.3 is 10.2 Å². The third-order valence-corrected chi connectivity index (χ3v) is 2.05. The van der Waals surface area contributed by atoms with Gasteiger partial charge in [0.15, 0.2) is 0 Å². The Morgan fingerprint density at radius 2 is 1.81 bits per heavy atom. The Morgan fingerprint density at radius 1 is 1.31 bits per heavy atom. The number of carboxylic acid groups (broad SMARTS) is 2. The summed E-state index contributed by atoms with van der Waals surface area (Å²) in [5.74, 6) is -1.72. The van der Waals surface area contributed by atoms with Crippen LogP contribution < -0.4 is 0 Å². The molecule has 0 atom stereocenters. The van der Waals surface area contributed by atoms with E-state index in [0.29, 0.717) is 5.56 Å². The Labute approximate surface area is 98.5 Å². The summed E-state index contributed by atoms with van der Waals surface area (Å²) < 4.78 is 0. The molecule has 0 fully saturated rings. The Bertz CT molecular complexity index is 367. The Morgan fingerprint density at radius 3 is 2.06 bits per heavy atom. The fourth-order valence-corrected chi connectivity index (χ4v) is 1.21. The van der Waals surface area contributed by atoms with Crippen molar-refractivity contribution in [2.24, 2.45) is 0 Å². The van der Waals surface area contributed by atoms with E-state index >= 15 is 0 Å². The third kappa shape index (κ3) is 4.79. The van der Waals surface area contributed by atoms with Crippen molar-refractivity contribution in [2.45, 2.75) is 20.3 Å². The lowest BCUT2D eigenvalue weighted by Crippen LogP contribution is -1.99. The molecule has 1 aromatic carbocycles. The normalized spacial score (nSPS) is 8.94. The number of halogens is 1. The lowest BCUT2D eigenvalue weighted by molar-refractivity contribution is -0.136. The number of carboxylic acids is 2. The number of hydrogen-bond acceptors (Lipinski definition) is 2. The fourth-order valence-electron chi connectivity index (χ4n) is 0.903. The Kier molecular flexibility index (Phi) is 6.18. The highest BCUT2D eigenvalue weighted by Gasteiger charge is 2.09. The van der Waals surface area contributed by atoms with Crippen LogP contribution in [0.5, 0.6) is 0 Å². The van der Waals surface area contributed by atoms with Gasteiger partial charge in [0, 0.05) is 6.42 Å². The first-order valence-electron chi connectivity index (χ1n) is 4.60. The van der Waals surface area contributed by atoms with Crippen LogP contribution in [-0.2, 0) is 4.79 Å². The largest absolute Gasteiger partial charge is 0.481 e. The zero-order valence-electron chi connectivity index (χ0n) is 9.03. The van der Waals surface area contributed by atoms with Gasteiger partial charge in [-0.15, -0.1) is 0 Å². The number of hydrogen-bond donors (Lipinski definition) is 2. The lowest BCUT2D eigenvalue weighted by Gasteiger charge is -2.00. The van der Waals surface area contributed by atoms with E-state index in [9.17, 15) is 9.59 Å². The smallest absolute Gasteiger partial charge is 0.337 e. The van der Waals surface area contributed by atoms with Crippen LogP contribution in [0.2, 0.25) is 5.02 Å². The van der Waals surface area contributed by atoms with E-state index in [1.807, 2.05) is 0 Å². The molecule has 0 unspecified atom stereocenters. The molecule has 16 heavy (non-hydrogen) atoms. The number of rotatable bonds is 2. The molecule has 0 saturated carbocycles. The maximum Gasteiger partial charge on any atom is 0.337 e. The number of aromatic carboxylic acids is 1. The predicted molar refractivity (Wildman–Crippen MR) is 61.1 cm³/mol. The Balaban J connectivity index is 0.000000385. The van der Waals surface area contributed by atoms with Crippen LogP contribution in [0.4, 0.5) is 0 Å². The second-order valence-electron chi connectivity index (χ2n) is 2.98. The van der Waals surface area contributed by atoms with Crippen LogP contribution >= 0.6 is 11.6 Å². The molecule has 0 amide bonds. The minimum absolute atomic E-state index is 0.189. The van der Waals surface area contributed by atoms with Crippen molar-refractivity contribution in [3.63, 3.8) is 0 Å². The maximum absolute atomic E-state index is 10.6. The van der Waals surface area contributed by atoms with Gasteiger partial charge in [-0.25, -0.2) is 4.79 Å². The van der Waals surface area contributed by atoms with Gasteiger partial charge >= 0.3 is 11.9 Å². The van der Waals surface area contributed by atoms with Gasteiger partial charge in [0.1, 0.15) is 0 Å². The molecule has 1 aromatic rings. The zero-order valence-corrected chi connectivity index (χ0v) is 9.78. The lowest BCUT2D eigenvalue weighted by atomic mass is 10.1. The topological polar surface area (TPSA) is 74.6 Å². The van der Waals surface area contributed by atoms with Crippen molar-refractivity contribution in [2.75, 3.05) is 0 Å². The van der Waals surface area contributed by atoms with Crippen molar-refractivity contribution in [3.8, 4) is 0 Å². The monoisotopic (exact) mass is 244 g/mol. The minimum atomic E-state index is -0.979. The van der Waals surface area contributed by atoms with Crippen molar-refractivity contribution in [1.82, 2.24) is 0 Å². The van der Waals surface area contributed by atoms with Gasteiger partial charge in [-0.05, 0) is 18.6 Å². The fraction of sp³-hybridized carbons (Fsp3) is 0.273. The molecule has 0 saturated heterocycles. The standard InChI is InChI=1S/C8H7ClO2.C3H6O2/c1-5-3-2-4-6(9)7(5)8(10)11;1-2-3(4)5/h2-4H,1H3,(H,10,11);2H2,1H3,(H,4,5). The van der Waals surface area contributed by atoms with Crippen LogP contribution in [0.25, 0.3) is 0 Å². The van der Waals surface area contributed by atoms with Crippen molar-refractivity contribution >= 4 is 23.5 Å². The molecular weight excluding hydrogens is 232 g/mol. The minimum Gasteiger partial charge on any atom is -0.481 e. The van der Waals surface area contributed by atoms with Crippen molar-refractivity contribution in [3.05, 3.63) is 34.3 Å². The molecule has 0 heterocycles. The van der Waals surface area contributed by atoms with Crippen LogP contribution in [0, 0.1) is 6.92 Å². The highest BCUT2D eigenvalue weighted by molar-refractivity contribution is 6.33. The summed E-state index contributed by atoms with van der Waals surface area (Å²) in [6, 6.07) is 5.01. The SMILES string of the molecule is CCC(=O)O.Cc1cccc(Cl)c1C(=O)O. The molecule has 0 aliphatic rings. The van der Waals surface area contributed by atoms with Crippen LogP contribution in [-0.4, -0.2) is 22.2 Å². The van der Waals surface area contributed by atoms with E-state index in [4.69, 9.17) is 21.8 Å². The van der Waals surface area contributed by atoms with Crippen molar-refractivity contribution < 1.29 is 19.8 Å². The maximum atomic E-state index is 10.6. The quantitative estimate of drug-likeness (QED) is 0.839. The number of benzene rings is 1. The van der Waals surface area contributed by atoms with Gasteiger partial charge in [-0.1, -0.05) is 30.7 Å². The van der Waals surface area contributed by atoms with Gasteiger partial charge in [-0.3, -0.25) is 4.79 Å². The summed E-state index contributed by atoms with van der Waals surface area (Å²) in [5.41, 5.74) is 0.874. The molecule has 0 aromatic heterocycles. The highest BCUT2D eigenvalue weighted by atomic mass is 35.5. The molecule has 2 N–H and O–H groups in total. The van der Waals surface area contributed by atoms with Crippen molar-refractivity contribution in [1.29, 1.82) is 0 Å². The average molecular weight is 245 g/mol. The van der Waals surface area contributed by atoms with E-state index in [0.717, 1.165) is 0 Å². The summed E-state index contributed by atoms with van der Waals surface area (Å²) in [6.07, 6.45) is 0.222. The summed E-state index contributed by atoms with van der Waals surface area (Å²) in [7, 11) is 0. The van der Waals surface area contributed by atoms with Gasteiger partial charge in [0.05, 0.1) is 10.6 Å². The van der Waals surface area contributed by atoms with E-state index in [-0.39, 0.29) is 17.0 Å². The average Bonchev–Trinajstić information content (AvgIpc) is 2.17. The highest BCUT2D eigenvalue weighted by Crippen LogP contribution is 2.18. The van der Waals surface area contributed by atoms with E-state index in [1.54, 1.807) is 32.0 Å². The molecule has 0 aliphatic carbocycles. The predicted octanol–water partition coefficient (Wildman–Crippen LogP) is 2.83. The van der Waals surface area contributed by atoms with Crippen LogP contribution in [0.15, 0.2) is 18.2 Å². The van der Waals surface area contributed by atoms with E-state index in [1.165, 1.54) is 0 Å². The summed E-state index contributed by atoms with van der Waals surface area (Å²) in [6.45, 7) is 3.32. The molecule has 0 aliphatic heterocycles. The van der Waals surface area contributed by atoms with E-state index in [2.05, 4.69) is 0 Å². The van der Waals surface area contributed by atoms with E-state index < -0.39 is 11.9 Å². The molecular formula is C11H13ClO4. The van der Waals surface area contributed by atoms with Crippen LogP contribution in [0.1, 0.15) is 29.3 Å². The molecule has 4 nitrogen and oxygen atoms in total.